The average Bonchev–Trinajstić information content (AvgIpc) is 2.67. The van der Waals surface area contributed by atoms with Crippen molar-refractivity contribution in [3.8, 4) is 0 Å². The summed E-state index contributed by atoms with van der Waals surface area (Å²) in [6.07, 6.45) is 24.9. The Morgan fingerprint density at radius 2 is 0.938 bits per heavy atom. The molecule has 0 aromatic rings. The predicted molar refractivity (Wildman–Crippen MR) is 138 cm³/mol. The maximum atomic E-state index is 10.9. The van der Waals surface area contributed by atoms with Gasteiger partial charge in [-0.2, -0.15) is 8.42 Å². The van der Waals surface area contributed by atoms with E-state index in [1.54, 1.807) is 0 Å². The fourth-order valence-electron chi connectivity index (χ4n) is 4.58. The molecule has 1 unspecified atom stereocenters. The molecular weight excluding hydrogens is 422 g/mol. The standard InChI is InChI=1S/C26H55NO4S/c1-4-5-6-7-8-9-10-11-12-13-14-15-16-17-18-19-20-21-22-23-27(2,3)24-26(28)25-32(29,30)31/h26,28H,4-25H2,1-3H3/p+1. The third kappa shape index (κ3) is 24.5. The number of nitrogens with zero attached hydrogens (tertiary/aromatic N) is 1. The quantitative estimate of drug-likeness (QED) is 0.0914. The Labute approximate surface area is 200 Å². The lowest BCUT2D eigenvalue weighted by molar-refractivity contribution is -0.893. The minimum Gasteiger partial charge on any atom is -0.386 e. The van der Waals surface area contributed by atoms with Crippen LogP contribution < -0.4 is 0 Å². The van der Waals surface area contributed by atoms with Gasteiger partial charge in [0.15, 0.2) is 0 Å². The molecule has 2 N–H and O–H groups in total. The van der Waals surface area contributed by atoms with Crippen LogP contribution in [-0.2, 0) is 10.1 Å². The second kappa shape index (κ2) is 20.2. The van der Waals surface area contributed by atoms with Crippen molar-refractivity contribution in [1.29, 1.82) is 0 Å². The lowest BCUT2D eigenvalue weighted by atomic mass is 10.0. The molecule has 0 aliphatic heterocycles. The highest BCUT2D eigenvalue weighted by Gasteiger charge is 2.23. The van der Waals surface area contributed by atoms with Crippen molar-refractivity contribution in [1.82, 2.24) is 0 Å². The van der Waals surface area contributed by atoms with Gasteiger partial charge in [0.25, 0.3) is 10.1 Å². The molecule has 0 spiro atoms. The van der Waals surface area contributed by atoms with Crippen molar-refractivity contribution in [3.63, 3.8) is 0 Å². The minimum absolute atomic E-state index is 0.346. The zero-order valence-corrected chi connectivity index (χ0v) is 22.5. The molecule has 0 bridgehead atoms. The van der Waals surface area contributed by atoms with Crippen molar-refractivity contribution in [3.05, 3.63) is 0 Å². The van der Waals surface area contributed by atoms with Crippen molar-refractivity contribution < 1.29 is 22.6 Å². The highest BCUT2D eigenvalue weighted by atomic mass is 32.2. The maximum absolute atomic E-state index is 10.9. The summed E-state index contributed by atoms with van der Waals surface area (Å²) in [6.45, 7) is 3.54. The summed E-state index contributed by atoms with van der Waals surface area (Å²) in [5.74, 6) is -0.576. The van der Waals surface area contributed by atoms with Crippen LogP contribution in [0.5, 0.6) is 0 Å². The molecule has 0 aliphatic rings. The Bertz CT molecular complexity index is 508. The number of aliphatic hydroxyl groups excluding tert-OH is 1. The number of hydrogen-bond donors (Lipinski definition) is 2. The van der Waals surface area contributed by atoms with Crippen LogP contribution in [0.3, 0.4) is 0 Å². The molecule has 5 nitrogen and oxygen atoms in total. The van der Waals surface area contributed by atoms with Gasteiger partial charge in [-0.05, 0) is 12.8 Å². The number of unbranched alkanes of at least 4 members (excludes halogenated alkanes) is 18. The predicted octanol–water partition coefficient (Wildman–Crippen LogP) is 6.74. The first-order chi connectivity index (χ1) is 15.2. The zero-order chi connectivity index (χ0) is 24.1. The first-order valence-corrected chi connectivity index (χ1v) is 15.2. The molecule has 1 atom stereocenters. The van der Waals surface area contributed by atoms with Crippen LogP contribution in [0.25, 0.3) is 0 Å². The summed E-state index contributed by atoms with van der Waals surface area (Å²) in [6, 6.07) is 0. The van der Waals surface area contributed by atoms with Crippen molar-refractivity contribution in [2.24, 2.45) is 0 Å². The van der Waals surface area contributed by atoms with E-state index in [9.17, 15) is 13.5 Å². The van der Waals surface area contributed by atoms with Gasteiger partial charge in [0.2, 0.25) is 0 Å². The van der Waals surface area contributed by atoms with Gasteiger partial charge in [0, 0.05) is 0 Å². The lowest BCUT2D eigenvalue weighted by Crippen LogP contribution is -2.47. The van der Waals surface area contributed by atoms with Crippen LogP contribution in [0.1, 0.15) is 129 Å². The Hall–Kier alpha value is -0.170. The fraction of sp³-hybridized carbons (Fsp3) is 1.00. The highest BCUT2D eigenvalue weighted by Crippen LogP contribution is 2.15. The number of aliphatic hydroxyl groups is 1. The summed E-state index contributed by atoms with van der Waals surface area (Å²) in [5.41, 5.74) is 0. The van der Waals surface area contributed by atoms with Crippen LogP contribution in [0.4, 0.5) is 0 Å². The third-order valence-corrected chi connectivity index (χ3v) is 7.28. The molecule has 0 aromatic heterocycles. The van der Waals surface area contributed by atoms with Crippen LogP contribution >= 0.6 is 0 Å². The monoisotopic (exact) mass is 478 g/mol. The van der Waals surface area contributed by atoms with Crippen molar-refractivity contribution >= 4 is 10.1 Å². The van der Waals surface area contributed by atoms with E-state index in [1.165, 1.54) is 116 Å². The topological polar surface area (TPSA) is 74.6 Å². The number of likely N-dealkylation sites (N-methyl/N-ethyl adjacent to an activating group) is 1. The van der Waals surface area contributed by atoms with E-state index in [1.807, 2.05) is 14.1 Å². The molecule has 32 heavy (non-hydrogen) atoms. The molecular formula is C26H56NO4S+. The van der Waals surface area contributed by atoms with E-state index in [0.717, 1.165) is 13.0 Å². The van der Waals surface area contributed by atoms with Gasteiger partial charge in [-0.15, -0.1) is 0 Å². The van der Waals surface area contributed by atoms with E-state index in [0.29, 0.717) is 11.0 Å². The van der Waals surface area contributed by atoms with Crippen molar-refractivity contribution in [2.75, 3.05) is 32.9 Å². The normalized spacial score (nSPS) is 13.5. The molecule has 194 valence electrons. The molecule has 0 heterocycles. The summed E-state index contributed by atoms with van der Waals surface area (Å²) in [5, 5.41) is 9.82. The van der Waals surface area contributed by atoms with E-state index < -0.39 is 22.0 Å². The van der Waals surface area contributed by atoms with Gasteiger partial charge >= 0.3 is 0 Å². The summed E-state index contributed by atoms with van der Waals surface area (Å²) < 4.78 is 31.1. The minimum atomic E-state index is -4.11. The molecule has 0 amide bonds. The SMILES string of the molecule is CCCCCCCCCCCCCCCCCCCCC[N+](C)(C)CC(O)CS(=O)(=O)O. The average molecular weight is 479 g/mol. The smallest absolute Gasteiger partial charge is 0.267 e. The number of rotatable bonds is 24. The Balaban J connectivity index is 3.35. The molecule has 0 aliphatic carbocycles. The number of hydrogen-bond acceptors (Lipinski definition) is 3. The highest BCUT2D eigenvalue weighted by molar-refractivity contribution is 7.85. The third-order valence-electron chi connectivity index (χ3n) is 6.47. The summed E-state index contributed by atoms with van der Waals surface area (Å²) in [4.78, 5) is 0. The van der Waals surface area contributed by atoms with E-state index in [2.05, 4.69) is 6.92 Å². The van der Waals surface area contributed by atoms with Crippen LogP contribution in [0.15, 0.2) is 0 Å². The molecule has 0 saturated heterocycles. The van der Waals surface area contributed by atoms with Gasteiger partial charge in [0.1, 0.15) is 18.4 Å². The Kier molecular flexibility index (Phi) is 20.1. The first-order valence-electron chi connectivity index (χ1n) is 13.6. The number of quaternary nitrogens is 1. The van der Waals surface area contributed by atoms with E-state index >= 15 is 0 Å². The molecule has 0 aromatic carbocycles. The van der Waals surface area contributed by atoms with Crippen LogP contribution in [0.2, 0.25) is 0 Å². The van der Waals surface area contributed by atoms with Gasteiger partial charge in [-0.1, -0.05) is 116 Å². The first kappa shape index (κ1) is 31.8. The largest absolute Gasteiger partial charge is 0.386 e. The Morgan fingerprint density at radius 3 is 1.25 bits per heavy atom. The van der Waals surface area contributed by atoms with E-state index in [-0.39, 0.29) is 0 Å². The van der Waals surface area contributed by atoms with E-state index in [4.69, 9.17) is 4.55 Å². The molecule has 0 radical (unpaired) electrons. The van der Waals surface area contributed by atoms with Gasteiger partial charge in [-0.3, -0.25) is 4.55 Å². The molecule has 0 saturated carbocycles. The summed E-state index contributed by atoms with van der Waals surface area (Å²) >= 11 is 0. The van der Waals surface area contributed by atoms with Gasteiger partial charge in [-0.25, -0.2) is 0 Å². The van der Waals surface area contributed by atoms with Gasteiger partial charge < -0.3 is 9.59 Å². The zero-order valence-electron chi connectivity index (χ0n) is 21.7. The lowest BCUT2D eigenvalue weighted by Gasteiger charge is -2.31. The maximum Gasteiger partial charge on any atom is 0.267 e. The van der Waals surface area contributed by atoms with Gasteiger partial charge in [0.05, 0.1) is 20.6 Å². The Morgan fingerprint density at radius 1 is 0.625 bits per heavy atom. The van der Waals surface area contributed by atoms with Crippen molar-refractivity contribution in [2.45, 2.75) is 135 Å². The van der Waals surface area contributed by atoms with Crippen LogP contribution in [0, 0.1) is 0 Å². The molecule has 0 rings (SSSR count). The second-order valence-electron chi connectivity index (χ2n) is 10.6. The summed E-state index contributed by atoms with van der Waals surface area (Å²) in [7, 11) is -0.106. The molecule has 6 heteroatoms. The van der Waals surface area contributed by atoms with Crippen LogP contribution in [-0.4, -0.2) is 61.6 Å². The molecule has 0 fully saturated rings. The second-order valence-corrected chi connectivity index (χ2v) is 12.1. The fourth-order valence-corrected chi connectivity index (χ4v) is 5.17.